The molecule has 6 nitrogen and oxygen atoms in total. The van der Waals surface area contributed by atoms with E-state index in [9.17, 15) is 9.59 Å². The number of ether oxygens (including phenoxy) is 1. The van der Waals surface area contributed by atoms with Crippen molar-refractivity contribution in [3.63, 3.8) is 0 Å². The number of rotatable bonds is 5. The molecule has 2 heterocycles. The molecule has 1 aliphatic heterocycles. The van der Waals surface area contributed by atoms with E-state index in [1.807, 2.05) is 19.1 Å². The van der Waals surface area contributed by atoms with Gasteiger partial charge < -0.3 is 19.9 Å². The van der Waals surface area contributed by atoms with E-state index in [1.165, 1.54) is 10.9 Å². The Morgan fingerprint density at radius 1 is 1.14 bits per heavy atom. The van der Waals surface area contributed by atoms with Crippen molar-refractivity contribution in [2.45, 2.75) is 32.7 Å². The molecule has 4 rings (SSSR count). The van der Waals surface area contributed by atoms with Crippen LogP contribution in [0, 0.1) is 0 Å². The highest BCUT2D eigenvalue weighted by Gasteiger charge is 2.25. The first-order valence-electron chi connectivity index (χ1n) is 10.1. The van der Waals surface area contributed by atoms with Crippen LogP contribution in [0.4, 0.5) is 10.5 Å². The highest BCUT2D eigenvalue weighted by molar-refractivity contribution is 6.01. The molecule has 0 unspecified atom stereocenters. The molecule has 2 aromatic carbocycles. The van der Waals surface area contributed by atoms with Gasteiger partial charge in [0.05, 0.1) is 24.4 Å². The average molecular weight is 391 g/mol. The van der Waals surface area contributed by atoms with Crippen LogP contribution >= 0.6 is 0 Å². The summed E-state index contributed by atoms with van der Waals surface area (Å²) in [5.74, 6) is -0.411. The lowest BCUT2D eigenvalue weighted by Gasteiger charge is -2.27. The lowest BCUT2D eigenvalue weighted by Crippen LogP contribution is -2.39. The molecule has 2 amide bonds. The zero-order chi connectivity index (χ0) is 20.2. The number of benzene rings is 2. The molecule has 0 radical (unpaired) electrons. The summed E-state index contributed by atoms with van der Waals surface area (Å²) in [5, 5.41) is 4.11. The van der Waals surface area contributed by atoms with Crippen LogP contribution in [0.5, 0.6) is 0 Å². The van der Waals surface area contributed by atoms with E-state index < -0.39 is 5.97 Å². The second-order valence-electron chi connectivity index (χ2n) is 7.26. The van der Waals surface area contributed by atoms with E-state index in [-0.39, 0.29) is 6.03 Å². The average Bonchev–Trinajstić information content (AvgIpc) is 3.12. The summed E-state index contributed by atoms with van der Waals surface area (Å²) in [7, 11) is 0. The number of nitrogens with zero attached hydrogens (tertiary/aromatic N) is 1. The Labute approximate surface area is 169 Å². The van der Waals surface area contributed by atoms with Gasteiger partial charge in [-0.1, -0.05) is 43.7 Å². The standard InChI is InChI=1S/C23H25N3O3/c1-2-3-14-29-22(27)18-9-5-7-11-20(18)25-23(28)26-13-12-17-16-8-4-6-10-19(16)24-21(17)15-26/h4-11,24H,2-3,12-15H2,1H3,(H,25,28). The van der Waals surface area contributed by atoms with Gasteiger partial charge in [-0.25, -0.2) is 9.59 Å². The van der Waals surface area contributed by atoms with Crippen molar-refractivity contribution >= 4 is 28.6 Å². The maximum atomic E-state index is 12.9. The van der Waals surface area contributed by atoms with E-state index in [1.54, 1.807) is 29.2 Å². The van der Waals surface area contributed by atoms with Crippen LogP contribution in [0.1, 0.15) is 41.4 Å². The van der Waals surface area contributed by atoms with E-state index in [0.717, 1.165) is 30.5 Å². The fraction of sp³-hybridized carbons (Fsp3) is 0.304. The predicted molar refractivity (Wildman–Crippen MR) is 113 cm³/mol. The van der Waals surface area contributed by atoms with Crippen LogP contribution < -0.4 is 5.32 Å². The fourth-order valence-electron chi connectivity index (χ4n) is 3.72. The van der Waals surface area contributed by atoms with Gasteiger partial charge in [0.15, 0.2) is 0 Å². The number of aromatic amines is 1. The number of carbonyl (C=O) groups excluding carboxylic acids is 2. The topological polar surface area (TPSA) is 74.4 Å². The van der Waals surface area contributed by atoms with E-state index >= 15 is 0 Å². The third-order valence-corrected chi connectivity index (χ3v) is 5.29. The Morgan fingerprint density at radius 2 is 1.93 bits per heavy atom. The first-order chi connectivity index (χ1) is 14.2. The van der Waals surface area contributed by atoms with E-state index in [2.05, 4.69) is 22.4 Å². The highest BCUT2D eigenvalue weighted by Crippen LogP contribution is 2.28. The largest absolute Gasteiger partial charge is 0.462 e. The molecule has 29 heavy (non-hydrogen) atoms. The molecule has 0 saturated carbocycles. The van der Waals surface area contributed by atoms with Crippen molar-refractivity contribution in [3.05, 3.63) is 65.4 Å². The van der Waals surface area contributed by atoms with Gasteiger partial charge in [-0.05, 0) is 36.6 Å². The third kappa shape index (κ3) is 3.97. The number of aromatic nitrogens is 1. The third-order valence-electron chi connectivity index (χ3n) is 5.29. The van der Waals surface area contributed by atoms with Crippen molar-refractivity contribution in [2.24, 2.45) is 0 Å². The van der Waals surface area contributed by atoms with Gasteiger partial charge in [0.1, 0.15) is 0 Å². The maximum absolute atomic E-state index is 12.9. The van der Waals surface area contributed by atoms with Gasteiger partial charge in [0, 0.05) is 23.1 Å². The predicted octanol–water partition coefficient (Wildman–Crippen LogP) is 4.72. The fourth-order valence-corrected chi connectivity index (χ4v) is 3.72. The molecule has 0 saturated heterocycles. The van der Waals surface area contributed by atoms with E-state index in [4.69, 9.17) is 4.74 Å². The molecule has 0 spiro atoms. The molecule has 150 valence electrons. The van der Waals surface area contributed by atoms with Crippen LogP contribution in [-0.4, -0.2) is 35.0 Å². The molecule has 6 heteroatoms. The molecule has 1 aromatic heterocycles. The number of carbonyl (C=O) groups is 2. The number of fused-ring (bicyclic) bond motifs is 3. The summed E-state index contributed by atoms with van der Waals surface area (Å²) in [6.45, 7) is 3.56. The van der Waals surface area contributed by atoms with Crippen LogP contribution in [0.25, 0.3) is 10.9 Å². The Bertz CT molecular complexity index is 1040. The number of anilines is 1. The zero-order valence-corrected chi connectivity index (χ0v) is 16.5. The second kappa shape index (κ2) is 8.39. The maximum Gasteiger partial charge on any atom is 0.340 e. The summed E-state index contributed by atoms with van der Waals surface area (Å²) in [6, 6.07) is 15.0. The normalized spacial score (nSPS) is 13.2. The summed E-state index contributed by atoms with van der Waals surface area (Å²) >= 11 is 0. The number of urea groups is 1. The van der Waals surface area contributed by atoms with Gasteiger partial charge in [-0.15, -0.1) is 0 Å². The summed E-state index contributed by atoms with van der Waals surface area (Å²) in [6.07, 6.45) is 2.57. The minimum Gasteiger partial charge on any atom is -0.462 e. The number of hydrogen-bond donors (Lipinski definition) is 2. The van der Waals surface area contributed by atoms with Gasteiger partial charge in [-0.3, -0.25) is 0 Å². The lowest BCUT2D eigenvalue weighted by atomic mass is 10.0. The molecule has 0 aliphatic carbocycles. The number of esters is 1. The van der Waals surface area contributed by atoms with Crippen molar-refractivity contribution in [1.29, 1.82) is 0 Å². The SMILES string of the molecule is CCCCOC(=O)c1ccccc1NC(=O)N1CCc2c([nH]c3ccccc23)C1. The smallest absolute Gasteiger partial charge is 0.340 e. The van der Waals surface area contributed by atoms with Crippen LogP contribution in [-0.2, 0) is 17.7 Å². The number of hydrogen-bond acceptors (Lipinski definition) is 3. The van der Waals surface area contributed by atoms with Crippen LogP contribution in [0.2, 0.25) is 0 Å². The first-order valence-corrected chi connectivity index (χ1v) is 10.1. The van der Waals surface area contributed by atoms with Crippen LogP contribution in [0.3, 0.4) is 0 Å². The summed E-state index contributed by atoms with van der Waals surface area (Å²) < 4.78 is 5.31. The summed E-state index contributed by atoms with van der Waals surface area (Å²) in [4.78, 5) is 30.4. The number of nitrogens with one attached hydrogen (secondary N) is 2. The second-order valence-corrected chi connectivity index (χ2v) is 7.26. The minimum absolute atomic E-state index is 0.219. The van der Waals surface area contributed by atoms with Crippen molar-refractivity contribution in [1.82, 2.24) is 9.88 Å². The monoisotopic (exact) mass is 391 g/mol. The Morgan fingerprint density at radius 3 is 2.79 bits per heavy atom. The molecule has 1 aliphatic rings. The quantitative estimate of drug-likeness (QED) is 0.488. The summed E-state index contributed by atoms with van der Waals surface area (Å²) in [5.41, 5.74) is 4.30. The molecule has 0 fully saturated rings. The molecular weight excluding hydrogens is 366 g/mol. The molecule has 0 atom stereocenters. The van der Waals surface area contributed by atoms with E-state index in [0.29, 0.717) is 30.9 Å². The minimum atomic E-state index is -0.411. The zero-order valence-electron chi connectivity index (χ0n) is 16.5. The Kier molecular flexibility index (Phi) is 5.51. The Hall–Kier alpha value is -3.28. The van der Waals surface area contributed by atoms with Crippen LogP contribution in [0.15, 0.2) is 48.5 Å². The van der Waals surface area contributed by atoms with Gasteiger partial charge in [0.2, 0.25) is 0 Å². The molecule has 2 N–H and O–H groups in total. The number of amides is 2. The number of para-hydroxylation sites is 2. The number of H-pyrrole nitrogens is 1. The van der Waals surface area contributed by atoms with Crippen molar-refractivity contribution in [2.75, 3.05) is 18.5 Å². The Balaban J connectivity index is 1.47. The lowest BCUT2D eigenvalue weighted by molar-refractivity contribution is 0.0501. The highest BCUT2D eigenvalue weighted by atomic mass is 16.5. The molecule has 0 bridgehead atoms. The van der Waals surface area contributed by atoms with Crippen molar-refractivity contribution < 1.29 is 14.3 Å². The van der Waals surface area contributed by atoms with Gasteiger partial charge >= 0.3 is 12.0 Å². The number of unbranched alkanes of at least 4 members (excludes halogenated alkanes) is 1. The molecular formula is C23H25N3O3. The van der Waals surface area contributed by atoms with Gasteiger partial charge in [-0.2, -0.15) is 0 Å². The van der Waals surface area contributed by atoms with Gasteiger partial charge in [0.25, 0.3) is 0 Å². The molecule has 3 aromatic rings. The first kappa shape index (κ1) is 19.1. The van der Waals surface area contributed by atoms with Crippen molar-refractivity contribution in [3.8, 4) is 0 Å².